The van der Waals surface area contributed by atoms with Gasteiger partial charge in [0.25, 0.3) is 0 Å². The van der Waals surface area contributed by atoms with Crippen LogP contribution in [0.25, 0.3) is 18.2 Å². The average molecular weight is 1250 g/mol. The number of anilines is 5. The second kappa shape index (κ2) is 37.4. The molecular formula is C78H75N3O12. The first-order valence-electron chi connectivity index (χ1n) is 30.1. The Morgan fingerprint density at radius 3 is 1.10 bits per heavy atom. The Morgan fingerprint density at radius 2 is 0.699 bits per heavy atom. The van der Waals surface area contributed by atoms with Gasteiger partial charge in [-0.25, -0.2) is 24.2 Å². The van der Waals surface area contributed by atoms with Gasteiger partial charge in [0.15, 0.2) is 17.3 Å². The fraction of sp³-hybridized carbons (Fsp3) is 0.154. The Balaban J connectivity index is 0.000000198. The Bertz CT molecular complexity index is 3670. The zero-order chi connectivity index (χ0) is 66.0. The van der Waals surface area contributed by atoms with Crippen LogP contribution in [0.4, 0.5) is 42.8 Å². The standard InChI is InChI=1S/3C26H25NO4/c2*1-20(28)19-31-25-17-9-11-22(21(25)2)12-10-18-30-26(29)27(23-13-5-3-6-14-23)24-15-7-4-8-16-24;1-21(28)20-31-25-16-8-12-22(18-25)13-9-17-30-26(29)27(24-14-6-3-7-15-24)19-23-10-4-2-5-11-23/h2*3-17H,18-19H2,1-2H3;2-16,18H,17,19-20H2,1H3/b2*12-10+;13-9-. The molecule has 0 unspecified atom stereocenters. The largest absolute Gasteiger partial charge is 0.486 e. The molecule has 15 heteroatoms. The Labute approximate surface area is 544 Å². The summed E-state index contributed by atoms with van der Waals surface area (Å²) in [5, 5.41) is 0. The van der Waals surface area contributed by atoms with Crippen LogP contribution in [0.3, 0.4) is 0 Å². The molecule has 3 amide bonds. The summed E-state index contributed by atoms with van der Waals surface area (Å²) in [6.45, 7) is 9.22. The first-order valence-corrected chi connectivity index (χ1v) is 30.1. The zero-order valence-electron chi connectivity index (χ0n) is 52.7. The number of hydrogen-bond donors (Lipinski definition) is 0. The minimum Gasteiger partial charge on any atom is -0.486 e. The molecule has 0 radical (unpaired) electrons. The second-order valence-electron chi connectivity index (χ2n) is 20.8. The van der Waals surface area contributed by atoms with E-state index in [9.17, 15) is 28.8 Å². The maximum absolute atomic E-state index is 12.8. The number of Topliss-reactive ketones (excluding diaryl/α,β-unsaturated/α-hetero) is 3. The molecule has 0 spiro atoms. The maximum Gasteiger partial charge on any atom is 0.419 e. The Hall–Kier alpha value is -11.6. The average Bonchev–Trinajstić information content (AvgIpc) is 1.49. The lowest BCUT2D eigenvalue weighted by Gasteiger charge is -2.22. The van der Waals surface area contributed by atoms with E-state index in [0.29, 0.717) is 23.8 Å². The van der Waals surface area contributed by atoms with Crippen molar-refractivity contribution in [2.24, 2.45) is 0 Å². The third kappa shape index (κ3) is 23.1. The number of rotatable bonds is 25. The number of carbonyl (C=O) groups excluding carboxylic acids is 6. The fourth-order valence-electron chi connectivity index (χ4n) is 8.95. The first-order chi connectivity index (χ1) is 45.2. The van der Waals surface area contributed by atoms with Gasteiger partial charge in [0.2, 0.25) is 0 Å². The molecule has 0 atom stereocenters. The van der Waals surface area contributed by atoms with Gasteiger partial charge in [0, 0.05) is 5.69 Å². The van der Waals surface area contributed by atoms with Crippen LogP contribution in [0.2, 0.25) is 0 Å². The van der Waals surface area contributed by atoms with Gasteiger partial charge in [-0.15, -0.1) is 0 Å². The van der Waals surface area contributed by atoms with Crippen molar-refractivity contribution in [2.45, 2.75) is 41.2 Å². The van der Waals surface area contributed by atoms with Crippen molar-refractivity contribution in [1.82, 2.24) is 0 Å². The minimum absolute atomic E-state index is 0.0337. The molecule has 0 aliphatic carbocycles. The van der Waals surface area contributed by atoms with Gasteiger partial charge in [-0.3, -0.25) is 19.3 Å². The van der Waals surface area contributed by atoms with Crippen LogP contribution in [-0.4, -0.2) is 75.3 Å². The van der Waals surface area contributed by atoms with E-state index >= 15 is 0 Å². The van der Waals surface area contributed by atoms with Gasteiger partial charge in [-0.05, 0) is 171 Å². The van der Waals surface area contributed by atoms with Crippen molar-refractivity contribution >= 4 is 82.3 Å². The summed E-state index contributed by atoms with van der Waals surface area (Å²) in [6, 6.07) is 75.4. The van der Waals surface area contributed by atoms with E-state index in [1.807, 2.05) is 269 Å². The zero-order valence-corrected chi connectivity index (χ0v) is 52.7. The lowest BCUT2D eigenvalue weighted by atomic mass is 10.1. The molecule has 93 heavy (non-hydrogen) atoms. The maximum atomic E-state index is 12.8. The molecule has 0 fully saturated rings. The summed E-state index contributed by atoms with van der Waals surface area (Å²) in [5.74, 6) is 1.84. The smallest absolute Gasteiger partial charge is 0.419 e. The predicted octanol–water partition coefficient (Wildman–Crippen LogP) is 17.4. The lowest BCUT2D eigenvalue weighted by molar-refractivity contribution is -0.119. The number of nitrogens with zero attached hydrogens (tertiary/aromatic N) is 3. The molecule has 0 saturated carbocycles. The van der Waals surface area contributed by atoms with Crippen molar-refractivity contribution in [3.05, 3.63) is 294 Å². The number of carbonyl (C=O) groups is 6. The van der Waals surface area contributed by atoms with Crippen molar-refractivity contribution in [1.29, 1.82) is 0 Å². The van der Waals surface area contributed by atoms with Crippen molar-refractivity contribution in [2.75, 3.05) is 54.3 Å². The number of ketones is 3. The molecule has 9 aromatic rings. The predicted molar refractivity (Wildman–Crippen MR) is 368 cm³/mol. The summed E-state index contributed by atoms with van der Waals surface area (Å²) in [4.78, 5) is 76.5. The number of amides is 3. The summed E-state index contributed by atoms with van der Waals surface area (Å²) in [6.07, 6.45) is 9.59. The molecule has 0 saturated heterocycles. The molecule has 0 bridgehead atoms. The lowest BCUT2D eigenvalue weighted by Crippen LogP contribution is -2.31. The molecule has 0 heterocycles. The number of para-hydroxylation sites is 5. The first kappa shape index (κ1) is 68.9. The van der Waals surface area contributed by atoms with Crippen LogP contribution in [-0.2, 0) is 35.1 Å². The Morgan fingerprint density at radius 1 is 0.355 bits per heavy atom. The van der Waals surface area contributed by atoms with E-state index in [1.165, 1.54) is 30.6 Å². The second-order valence-corrected chi connectivity index (χ2v) is 20.8. The molecule has 9 rings (SSSR count). The van der Waals surface area contributed by atoms with Gasteiger partial charge in [-0.2, -0.15) is 0 Å². The molecule has 9 aromatic carbocycles. The van der Waals surface area contributed by atoms with E-state index in [2.05, 4.69) is 0 Å². The van der Waals surface area contributed by atoms with E-state index < -0.39 is 18.3 Å². The van der Waals surface area contributed by atoms with Gasteiger partial charge in [0.05, 0.1) is 29.3 Å². The van der Waals surface area contributed by atoms with Gasteiger partial charge >= 0.3 is 18.3 Å². The van der Waals surface area contributed by atoms with Crippen LogP contribution in [0.5, 0.6) is 17.2 Å². The summed E-state index contributed by atoms with van der Waals surface area (Å²) < 4.78 is 33.0. The summed E-state index contributed by atoms with van der Waals surface area (Å²) >= 11 is 0. The van der Waals surface area contributed by atoms with Crippen LogP contribution >= 0.6 is 0 Å². The van der Waals surface area contributed by atoms with Crippen molar-refractivity contribution < 1.29 is 57.2 Å². The highest BCUT2D eigenvalue weighted by Crippen LogP contribution is 2.29. The normalized spacial score (nSPS) is 10.6. The molecule has 0 aliphatic heterocycles. The number of ether oxygens (including phenoxy) is 6. The number of hydrogen-bond acceptors (Lipinski definition) is 12. The number of benzene rings is 9. The van der Waals surface area contributed by atoms with E-state index in [1.54, 1.807) is 29.2 Å². The SMILES string of the molecule is CC(=O)COc1cccc(/C=C/COC(=O)N(c2ccccc2)c2ccccc2)c1C.CC(=O)COc1cccc(/C=C/COC(=O)N(c2ccccc2)c2ccccc2)c1C.CC(=O)COc1cccc(/C=C\COC(=O)N(Cc2ccccc2)c2ccccc2)c1. The van der Waals surface area contributed by atoms with Crippen LogP contribution in [0, 0.1) is 13.8 Å². The Kier molecular flexibility index (Phi) is 27.7. The van der Waals surface area contributed by atoms with Gasteiger partial charge in [-0.1, -0.05) is 176 Å². The molecule has 0 aromatic heterocycles. The summed E-state index contributed by atoms with van der Waals surface area (Å²) in [7, 11) is 0. The van der Waals surface area contributed by atoms with E-state index in [-0.39, 0.29) is 57.0 Å². The highest BCUT2D eigenvalue weighted by atomic mass is 16.6. The van der Waals surface area contributed by atoms with Crippen molar-refractivity contribution in [3.8, 4) is 17.2 Å². The van der Waals surface area contributed by atoms with Crippen LogP contribution in [0.1, 0.15) is 54.2 Å². The highest BCUT2D eigenvalue weighted by Gasteiger charge is 2.21. The molecule has 15 nitrogen and oxygen atoms in total. The third-order valence-corrected chi connectivity index (χ3v) is 13.5. The third-order valence-electron chi connectivity index (χ3n) is 13.5. The quantitative estimate of drug-likeness (QED) is 0.0498. The minimum atomic E-state index is -0.461. The molecule has 0 N–H and O–H groups in total. The fourth-order valence-corrected chi connectivity index (χ4v) is 8.95. The molecule has 474 valence electrons. The van der Waals surface area contributed by atoms with Crippen LogP contribution < -0.4 is 28.9 Å². The molecular weight excluding hydrogens is 1170 g/mol. The van der Waals surface area contributed by atoms with E-state index in [4.69, 9.17) is 28.4 Å². The topological polar surface area (TPSA) is 168 Å². The van der Waals surface area contributed by atoms with Crippen molar-refractivity contribution in [3.63, 3.8) is 0 Å². The summed E-state index contributed by atoms with van der Waals surface area (Å²) in [5.41, 5.74) is 9.30. The van der Waals surface area contributed by atoms with Gasteiger partial charge in [0.1, 0.15) is 56.9 Å². The van der Waals surface area contributed by atoms with Gasteiger partial charge < -0.3 is 28.4 Å². The molecule has 0 aliphatic rings. The highest BCUT2D eigenvalue weighted by molar-refractivity contribution is 5.97. The van der Waals surface area contributed by atoms with E-state index in [0.717, 1.165) is 61.8 Å². The van der Waals surface area contributed by atoms with Crippen LogP contribution in [0.15, 0.2) is 261 Å². The monoisotopic (exact) mass is 1250 g/mol.